The Bertz CT molecular complexity index is 1460. The summed E-state index contributed by atoms with van der Waals surface area (Å²) in [6, 6.07) is 13.4. The zero-order valence-electron chi connectivity index (χ0n) is 24.1. The predicted octanol–water partition coefficient (Wildman–Crippen LogP) is 5.95. The SMILES string of the molecule is Cc1ccc(OCc2ccc(C(C)N3CCOCC3)cc2C)c(-c2csc(N3CC4C(C(=O)O)C5CC4(C5)C3)n2)c1. The molecule has 3 unspecified atom stereocenters. The van der Waals surface area contributed by atoms with Gasteiger partial charge in [-0.3, -0.25) is 9.69 Å². The van der Waals surface area contributed by atoms with E-state index in [1.54, 1.807) is 11.3 Å². The molecule has 3 saturated carbocycles. The first-order valence-corrected chi connectivity index (χ1v) is 15.8. The van der Waals surface area contributed by atoms with Gasteiger partial charge in [-0.2, -0.15) is 0 Å². The Hall–Kier alpha value is -2.94. The molecule has 41 heavy (non-hydrogen) atoms. The van der Waals surface area contributed by atoms with Crippen molar-refractivity contribution in [3.63, 3.8) is 0 Å². The first-order valence-electron chi connectivity index (χ1n) is 14.9. The number of morpholine rings is 1. The Morgan fingerprint density at radius 2 is 2.00 bits per heavy atom. The van der Waals surface area contributed by atoms with Crippen LogP contribution in [-0.4, -0.2) is 60.4 Å². The average Bonchev–Trinajstić information content (AvgIpc) is 3.70. The van der Waals surface area contributed by atoms with Gasteiger partial charge in [0, 0.05) is 43.2 Å². The van der Waals surface area contributed by atoms with Crippen molar-refractivity contribution in [1.29, 1.82) is 0 Å². The molecular weight excluding hydrogens is 534 g/mol. The summed E-state index contributed by atoms with van der Waals surface area (Å²) in [5, 5.41) is 12.9. The molecule has 5 aliphatic rings. The number of rotatable bonds is 8. The molecule has 0 radical (unpaired) electrons. The largest absolute Gasteiger partial charge is 0.488 e. The molecule has 2 aliphatic heterocycles. The average molecular weight is 574 g/mol. The number of aromatic nitrogens is 1. The molecule has 2 aromatic carbocycles. The summed E-state index contributed by atoms with van der Waals surface area (Å²) in [5.74, 6) is 0.672. The highest BCUT2D eigenvalue weighted by Gasteiger charge is 2.68. The first-order chi connectivity index (χ1) is 19.8. The van der Waals surface area contributed by atoms with E-state index in [4.69, 9.17) is 14.5 Å². The van der Waals surface area contributed by atoms with E-state index in [2.05, 4.69) is 72.3 Å². The number of aryl methyl sites for hydroxylation is 2. The van der Waals surface area contributed by atoms with Gasteiger partial charge in [0.15, 0.2) is 5.13 Å². The van der Waals surface area contributed by atoms with Gasteiger partial charge in [-0.15, -0.1) is 11.3 Å². The van der Waals surface area contributed by atoms with E-state index < -0.39 is 5.97 Å². The van der Waals surface area contributed by atoms with Crippen molar-refractivity contribution in [3.8, 4) is 17.0 Å². The summed E-state index contributed by atoms with van der Waals surface area (Å²) in [5.41, 5.74) is 7.03. The van der Waals surface area contributed by atoms with Crippen molar-refractivity contribution >= 4 is 22.4 Å². The minimum absolute atomic E-state index is 0.184. The number of nitrogens with zero attached hydrogens (tertiary/aromatic N) is 3. The molecule has 5 fully saturated rings. The van der Waals surface area contributed by atoms with E-state index in [-0.39, 0.29) is 17.3 Å². The highest BCUT2D eigenvalue weighted by Crippen LogP contribution is 2.68. The molecule has 3 aromatic rings. The molecule has 1 N–H and O–H groups in total. The molecule has 3 heterocycles. The van der Waals surface area contributed by atoms with E-state index in [0.717, 1.165) is 74.4 Å². The fourth-order valence-corrected chi connectivity index (χ4v) is 8.82. The molecule has 216 valence electrons. The number of carboxylic acids is 1. The van der Waals surface area contributed by atoms with Crippen LogP contribution in [0.5, 0.6) is 5.75 Å². The van der Waals surface area contributed by atoms with Crippen LogP contribution >= 0.6 is 11.3 Å². The number of hydrogen-bond acceptors (Lipinski definition) is 7. The number of benzene rings is 2. The minimum Gasteiger partial charge on any atom is -0.488 e. The van der Waals surface area contributed by atoms with Crippen molar-refractivity contribution in [2.24, 2.45) is 23.2 Å². The molecule has 8 heteroatoms. The second-order valence-corrected chi connectivity index (χ2v) is 13.5. The summed E-state index contributed by atoms with van der Waals surface area (Å²) in [7, 11) is 0. The van der Waals surface area contributed by atoms with Gasteiger partial charge >= 0.3 is 5.97 Å². The van der Waals surface area contributed by atoms with Crippen LogP contribution in [0.2, 0.25) is 0 Å². The molecule has 7 nitrogen and oxygen atoms in total. The maximum atomic E-state index is 11.9. The lowest BCUT2D eigenvalue weighted by molar-refractivity contribution is -0.143. The Kier molecular flexibility index (Phi) is 6.83. The lowest BCUT2D eigenvalue weighted by atomic mass is 9.68. The Morgan fingerprint density at radius 3 is 2.76 bits per heavy atom. The minimum atomic E-state index is -0.612. The van der Waals surface area contributed by atoms with E-state index in [1.807, 2.05) is 0 Å². The number of thiazole rings is 1. The number of ether oxygens (including phenoxy) is 2. The monoisotopic (exact) mass is 573 g/mol. The van der Waals surface area contributed by atoms with Crippen molar-refractivity contribution in [2.75, 3.05) is 44.3 Å². The van der Waals surface area contributed by atoms with Crippen LogP contribution in [0.1, 0.15) is 48.1 Å². The summed E-state index contributed by atoms with van der Waals surface area (Å²) in [6.45, 7) is 12.3. The summed E-state index contributed by atoms with van der Waals surface area (Å²) >= 11 is 1.65. The van der Waals surface area contributed by atoms with Gasteiger partial charge < -0.3 is 19.5 Å². The van der Waals surface area contributed by atoms with E-state index in [9.17, 15) is 9.90 Å². The van der Waals surface area contributed by atoms with Crippen LogP contribution in [0.25, 0.3) is 11.3 Å². The van der Waals surface area contributed by atoms with E-state index >= 15 is 0 Å². The third kappa shape index (κ3) is 4.74. The van der Waals surface area contributed by atoms with Crippen LogP contribution in [0.15, 0.2) is 41.8 Å². The van der Waals surface area contributed by atoms with Crippen molar-refractivity contribution < 1.29 is 19.4 Å². The molecule has 8 rings (SSSR count). The quantitative estimate of drug-likeness (QED) is 0.357. The number of carbonyl (C=O) groups is 1. The van der Waals surface area contributed by atoms with E-state index in [1.165, 1.54) is 22.3 Å². The Labute approximate surface area is 246 Å². The van der Waals surface area contributed by atoms with Gasteiger partial charge in [-0.25, -0.2) is 4.98 Å². The second-order valence-electron chi connectivity index (χ2n) is 12.7. The molecular formula is C33H39N3O4S. The lowest BCUT2D eigenvalue weighted by Gasteiger charge is -2.38. The Balaban J connectivity index is 1.06. The number of carboxylic acid groups (broad SMARTS) is 1. The first kappa shape index (κ1) is 26.9. The zero-order valence-corrected chi connectivity index (χ0v) is 25.0. The maximum absolute atomic E-state index is 11.9. The summed E-state index contributed by atoms with van der Waals surface area (Å²) < 4.78 is 12.0. The fraction of sp³-hybridized carbons (Fsp3) is 0.515. The van der Waals surface area contributed by atoms with Crippen LogP contribution in [0.3, 0.4) is 0 Å². The van der Waals surface area contributed by atoms with Crippen molar-refractivity contribution in [3.05, 3.63) is 64.0 Å². The highest BCUT2D eigenvalue weighted by atomic mass is 32.1. The smallest absolute Gasteiger partial charge is 0.307 e. The topological polar surface area (TPSA) is 75.1 Å². The van der Waals surface area contributed by atoms with Crippen LogP contribution < -0.4 is 9.64 Å². The highest BCUT2D eigenvalue weighted by molar-refractivity contribution is 7.14. The molecule has 3 aliphatic carbocycles. The molecule has 2 bridgehead atoms. The molecule has 1 spiro atoms. The van der Waals surface area contributed by atoms with Crippen molar-refractivity contribution in [1.82, 2.24) is 9.88 Å². The van der Waals surface area contributed by atoms with E-state index in [0.29, 0.717) is 18.6 Å². The Morgan fingerprint density at radius 1 is 1.20 bits per heavy atom. The third-order valence-corrected chi connectivity index (χ3v) is 11.2. The van der Waals surface area contributed by atoms with Gasteiger partial charge in [-0.05, 0) is 79.7 Å². The standard InChI is InChI=1S/C33H39N3O4S/c1-20-4-7-29(40-17-24-6-5-23(13-21(24)2)22(3)35-8-10-39-11-9-35)26(12-20)28-18-41-32(34-28)36-16-27-30(31(37)38)25-14-33(27,15-25)19-36/h4-7,12-13,18,22,25,27,30H,8-11,14-17,19H2,1-3H3,(H,37,38). The van der Waals surface area contributed by atoms with Gasteiger partial charge in [0.05, 0.1) is 24.8 Å². The van der Waals surface area contributed by atoms with Gasteiger partial charge in [0.1, 0.15) is 12.4 Å². The molecule has 0 amide bonds. The van der Waals surface area contributed by atoms with Crippen molar-refractivity contribution in [2.45, 2.75) is 46.3 Å². The van der Waals surface area contributed by atoms with Gasteiger partial charge in [-0.1, -0.05) is 29.8 Å². The fourth-order valence-electron chi connectivity index (χ4n) is 7.98. The molecule has 1 aromatic heterocycles. The molecule has 3 atom stereocenters. The third-order valence-electron chi connectivity index (χ3n) is 10.3. The predicted molar refractivity (Wildman–Crippen MR) is 161 cm³/mol. The second kappa shape index (κ2) is 10.4. The number of hydrogen-bond donors (Lipinski definition) is 1. The van der Waals surface area contributed by atoms with Gasteiger partial charge in [0.25, 0.3) is 0 Å². The summed E-state index contributed by atoms with van der Waals surface area (Å²) in [6.07, 6.45) is 2.12. The van der Waals surface area contributed by atoms with Crippen LogP contribution in [-0.2, 0) is 16.1 Å². The lowest BCUT2D eigenvalue weighted by Crippen LogP contribution is -2.38. The van der Waals surface area contributed by atoms with Gasteiger partial charge in [0.2, 0.25) is 0 Å². The number of anilines is 1. The number of aliphatic carboxylic acids is 1. The zero-order chi connectivity index (χ0) is 28.3. The summed E-state index contributed by atoms with van der Waals surface area (Å²) in [4.78, 5) is 21.8. The van der Waals surface area contributed by atoms with Crippen LogP contribution in [0.4, 0.5) is 5.13 Å². The normalized spacial score (nSPS) is 27.9. The van der Waals surface area contributed by atoms with Crippen LogP contribution in [0, 0.1) is 37.0 Å². The maximum Gasteiger partial charge on any atom is 0.307 e. The molecule has 2 saturated heterocycles.